The monoisotopic (exact) mass is 476 g/mol. The minimum absolute atomic E-state index is 0.0449. The minimum atomic E-state index is -0.971. The smallest absolute Gasteiger partial charge is 0.335 e. The predicted molar refractivity (Wildman–Crippen MR) is 128 cm³/mol. The SMILES string of the molecule is CC(C)OC(Cc1ccc(O)cc1)C(=O)O.CCOC(=O)[C@@H](Cc1ccc(O)cc1)OC(C)C. The van der Waals surface area contributed by atoms with Gasteiger partial charge in [0, 0.05) is 12.8 Å². The maximum atomic E-state index is 11.8. The van der Waals surface area contributed by atoms with Crippen LogP contribution in [0.4, 0.5) is 0 Å². The van der Waals surface area contributed by atoms with E-state index in [-0.39, 0.29) is 29.7 Å². The number of hydrogen-bond acceptors (Lipinski definition) is 7. The summed E-state index contributed by atoms with van der Waals surface area (Å²) in [6.45, 7) is 9.46. The van der Waals surface area contributed by atoms with Crippen LogP contribution in [-0.4, -0.2) is 58.3 Å². The molecule has 8 nitrogen and oxygen atoms in total. The molecule has 2 rings (SSSR count). The van der Waals surface area contributed by atoms with Crippen molar-refractivity contribution in [2.45, 2.75) is 71.9 Å². The predicted octanol–water partition coefficient (Wildman–Crippen LogP) is 4.10. The van der Waals surface area contributed by atoms with Gasteiger partial charge in [-0.1, -0.05) is 24.3 Å². The largest absolute Gasteiger partial charge is 0.508 e. The number of carbonyl (C=O) groups excluding carboxylic acids is 1. The quantitative estimate of drug-likeness (QED) is 0.414. The fourth-order valence-electron chi connectivity index (χ4n) is 2.97. The summed E-state index contributed by atoms with van der Waals surface area (Å²) < 4.78 is 15.8. The first kappa shape index (κ1) is 28.9. The number of phenolic OH excluding ortho intramolecular Hbond substituents is 2. The molecule has 0 aliphatic rings. The number of phenols is 2. The van der Waals surface area contributed by atoms with Crippen LogP contribution in [0.15, 0.2) is 48.5 Å². The lowest BCUT2D eigenvalue weighted by Gasteiger charge is -2.19. The second-order valence-corrected chi connectivity index (χ2v) is 8.18. The Kier molecular flexibility index (Phi) is 12.7. The number of benzene rings is 2. The van der Waals surface area contributed by atoms with Gasteiger partial charge in [0.05, 0.1) is 18.8 Å². The lowest BCUT2D eigenvalue weighted by molar-refractivity contribution is -0.159. The van der Waals surface area contributed by atoms with E-state index < -0.39 is 18.2 Å². The minimum Gasteiger partial charge on any atom is -0.508 e. The van der Waals surface area contributed by atoms with E-state index in [4.69, 9.17) is 24.4 Å². The van der Waals surface area contributed by atoms with E-state index in [2.05, 4.69) is 0 Å². The number of aromatic hydroxyl groups is 2. The molecule has 0 amide bonds. The summed E-state index contributed by atoms with van der Waals surface area (Å²) in [7, 11) is 0. The van der Waals surface area contributed by atoms with E-state index >= 15 is 0 Å². The Morgan fingerprint density at radius 2 is 1.12 bits per heavy atom. The normalized spacial score (nSPS) is 12.6. The topological polar surface area (TPSA) is 123 Å². The van der Waals surface area contributed by atoms with Gasteiger partial charge in [-0.25, -0.2) is 9.59 Å². The third kappa shape index (κ3) is 11.7. The van der Waals surface area contributed by atoms with Crippen molar-refractivity contribution in [2.24, 2.45) is 0 Å². The van der Waals surface area contributed by atoms with E-state index in [1.54, 1.807) is 57.2 Å². The van der Waals surface area contributed by atoms with Crippen LogP contribution in [0.25, 0.3) is 0 Å². The molecule has 0 aliphatic heterocycles. The highest BCUT2D eigenvalue weighted by atomic mass is 16.6. The Bertz CT molecular complexity index is 859. The number of carboxylic acid groups (broad SMARTS) is 1. The van der Waals surface area contributed by atoms with Crippen molar-refractivity contribution in [1.29, 1.82) is 0 Å². The molecule has 0 saturated carbocycles. The molecule has 8 heteroatoms. The number of aliphatic carboxylic acids is 1. The fourth-order valence-corrected chi connectivity index (χ4v) is 2.97. The van der Waals surface area contributed by atoms with Gasteiger partial charge in [0.1, 0.15) is 11.5 Å². The van der Waals surface area contributed by atoms with Crippen molar-refractivity contribution in [1.82, 2.24) is 0 Å². The summed E-state index contributed by atoms with van der Waals surface area (Å²) in [4.78, 5) is 22.7. The van der Waals surface area contributed by atoms with Gasteiger partial charge in [0.25, 0.3) is 0 Å². The molecule has 0 saturated heterocycles. The van der Waals surface area contributed by atoms with Crippen LogP contribution < -0.4 is 0 Å². The Hall–Kier alpha value is -3.10. The maximum absolute atomic E-state index is 11.8. The van der Waals surface area contributed by atoms with Crippen LogP contribution >= 0.6 is 0 Å². The summed E-state index contributed by atoms with van der Waals surface area (Å²) >= 11 is 0. The lowest BCUT2D eigenvalue weighted by Crippen LogP contribution is -2.31. The first-order valence-electron chi connectivity index (χ1n) is 11.3. The number of carboxylic acids is 1. The van der Waals surface area contributed by atoms with Crippen LogP contribution in [0.2, 0.25) is 0 Å². The Balaban J connectivity index is 0.000000342. The van der Waals surface area contributed by atoms with Crippen molar-refractivity contribution in [3.05, 3.63) is 59.7 Å². The van der Waals surface area contributed by atoms with Crippen LogP contribution in [-0.2, 0) is 36.6 Å². The van der Waals surface area contributed by atoms with Crippen molar-refractivity contribution < 1.29 is 39.1 Å². The van der Waals surface area contributed by atoms with Crippen molar-refractivity contribution >= 4 is 11.9 Å². The van der Waals surface area contributed by atoms with Gasteiger partial charge in [-0.05, 0) is 70.0 Å². The van der Waals surface area contributed by atoms with E-state index in [1.807, 2.05) is 13.8 Å². The van der Waals surface area contributed by atoms with Crippen LogP contribution in [0.5, 0.6) is 11.5 Å². The number of rotatable bonds is 11. The van der Waals surface area contributed by atoms with E-state index in [0.717, 1.165) is 11.1 Å². The molecule has 0 heterocycles. The maximum Gasteiger partial charge on any atom is 0.335 e. The number of carbonyl (C=O) groups is 2. The van der Waals surface area contributed by atoms with E-state index in [0.29, 0.717) is 19.4 Å². The summed E-state index contributed by atoms with van der Waals surface area (Å²) in [5.74, 6) is -0.947. The Morgan fingerprint density at radius 3 is 1.47 bits per heavy atom. The van der Waals surface area contributed by atoms with Gasteiger partial charge in [0.2, 0.25) is 0 Å². The highest BCUT2D eigenvalue weighted by molar-refractivity contribution is 5.75. The van der Waals surface area contributed by atoms with Gasteiger partial charge >= 0.3 is 11.9 Å². The van der Waals surface area contributed by atoms with Gasteiger partial charge in [-0.15, -0.1) is 0 Å². The third-order valence-electron chi connectivity index (χ3n) is 4.41. The summed E-state index contributed by atoms with van der Waals surface area (Å²) in [6.07, 6.45) is -0.876. The summed E-state index contributed by atoms with van der Waals surface area (Å²) in [5.41, 5.74) is 1.75. The molecule has 0 aromatic heterocycles. The van der Waals surface area contributed by atoms with Crippen molar-refractivity contribution in [2.75, 3.05) is 6.61 Å². The lowest BCUT2D eigenvalue weighted by atomic mass is 10.1. The van der Waals surface area contributed by atoms with Crippen LogP contribution in [0.1, 0.15) is 45.7 Å². The molecule has 2 aromatic carbocycles. The number of ether oxygens (including phenoxy) is 3. The number of hydrogen-bond donors (Lipinski definition) is 3. The van der Waals surface area contributed by atoms with Gasteiger partial charge < -0.3 is 29.5 Å². The molecule has 3 N–H and O–H groups in total. The first-order valence-corrected chi connectivity index (χ1v) is 11.3. The first-order chi connectivity index (χ1) is 16.0. The molecule has 0 radical (unpaired) electrons. The molecule has 188 valence electrons. The molecule has 0 spiro atoms. The summed E-state index contributed by atoms with van der Waals surface area (Å²) in [5, 5.41) is 27.3. The zero-order valence-corrected chi connectivity index (χ0v) is 20.4. The molecule has 1 unspecified atom stereocenters. The average molecular weight is 477 g/mol. The molecular weight excluding hydrogens is 440 g/mol. The number of esters is 1. The third-order valence-corrected chi connectivity index (χ3v) is 4.41. The zero-order valence-electron chi connectivity index (χ0n) is 20.4. The highest BCUT2D eigenvalue weighted by Gasteiger charge is 2.22. The molecule has 2 atom stereocenters. The van der Waals surface area contributed by atoms with Gasteiger partial charge in [-0.3, -0.25) is 0 Å². The second-order valence-electron chi connectivity index (χ2n) is 8.18. The van der Waals surface area contributed by atoms with Crippen molar-refractivity contribution in [3.8, 4) is 11.5 Å². The van der Waals surface area contributed by atoms with Crippen LogP contribution in [0, 0.1) is 0 Å². The average Bonchev–Trinajstić information content (AvgIpc) is 2.76. The summed E-state index contributed by atoms with van der Waals surface area (Å²) in [6, 6.07) is 13.2. The molecule has 0 aliphatic carbocycles. The second kappa shape index (κ2) is 14.9. The molecule has 34 heavy (non-hydrogen) atoms. The van der Waals surface area contributed by atoms with E-state index in [9.17, 15) is 14.7 Å². The van der Waals surface area contributed by atoms with Gasteiger partial charge in [-0.2, -0.15) is 0 Å². The Morgan fingerprint density at radius 1 is 0.735 bits per heavy atom. The fraction of sp³-hybridized carbons (Fsp3) is 0.462. The van der Waals surface area contributed by atoms with Gasteiger partial charge in [0.15, 0.2) is 12.2 Å². The molecular formula is C26H36O8. The molecule has 0 bridgehead atoms. The molecule has 2 aromatic rings. The van der Waals surface area contributed by atoms with Crippen LogP contribution in [0.3, 0.4) is 0 Å². The standard InChI is InChI=1S/C14H20O4.C12H16O4/c1-4-17-14(16)13(18-10(2)3)9-11-5-7-12(15)8-6-11;1-8(2)16-11(12(14)15)7-9-3-5-10(13)6-4-9/h5-8,10,13,15H,4,9H2,1-3H3;3-6,8,11,13H,7H2,1-2H3,(H,14,15)/t13-;/m1./s1. The molecule has 0 fully saturated rings. The van der Waals surface area contributed by atoms with E-state index in [1.165, 1.54) is 12.1 Å². The highest BCUT2D eigenvalue weighted by Crippen LogP contribution is 2.15. The Labute approximate surface area is 201 Å². The zero-order chi connectivity index (χ0) is 25.7. The van der Waals surface area contributed by atoms with Crippen molar-refractivity contribution in [3.63, 3.8) is 0 Å².